The minimum absolute atomic E-state index is 0.0452. The van der Waals surface area contributed by atoms with Crippen molar-refractivity contribution < 1.29 is 14.3 Å². The van der Waals surface area contributed by atoms with Crippen molar-refractivity contribution in [3.05, 3.63) is 12.2 Å². The smallest absolute Gasteiger partial charge is 0.245 e. The van der Waals surface area contributed by atoms with Gasteiger partial charge in [-0.1, -0.05) is 12.2 Å². The van der Waals surface area contributed by atoms with Gasteiger partial charge in [-0.15, -0.1) is 0 Å². The number of carbonyl (C=O) groups excluding carboxylic acids is 2. The average molecular weight is 346 g/mol. The predicted octanol–water partition coefficient (Wildman–Crippen LogP) is 2.36. The van der Waals surface area contributed by atoms with E-state index in [1.807, 2.05) is 9.80 Å². The number of hydrogen-bond donors (Lipinski definition) is 0. The molecule has 1 aliphatic carbocycles. The Balaban J connectivity index is 1.62. The minimum Gasteiger partial charge on any atom is -0.381 e. The molecule has 1 spiro atoms. The van der Waals surface area contributed by atoms with E-state index in [0.29, 0.717) is 0 Å². The molecule has 4 rings (SSSR count). The number of nitrogens with zero attached hydrogens (tertiary/aromatic N) is 2. The second-order valence-electron chi connectivity index (χ2n) is 8.18. The number of amides is 2. The molecule has 0 N–H and O–H groups in total. The van der Waals surface area contributed by atoms with E-state index in [1.165, 1.54) is 0 Å². The standard InChI is InChI=1S/C20H30N2O3/c23-18(16-6-1-2-7-16)22-13-5-8-20(9-14-25-15-10-20)17(22)19(24)21-11-3-4-12-21/h1-2,16-17H,3-15H2. The van der Waals surface area contributed by atoms with E-state index in [1.54, 1.807) is 0 Å². The van der Waals surface area contributed by atoms with Crippen LogP contribution in [0.2, 0.25) is 0 Å². The van der Waals surface area contributed by atoms with Gasteiger partial charge in [-0.25, -0.2) is 0 Å². The molecule has 5 heteroatoms. The van der Waals surface area contributed by atoms with Crippen LogP contribution < -0.4 is 0 Å². The zero-order valence-corrected chi connectivity index (χ0v) is 15.1. The third-order valence-corrected chi connectivity index (χ3v) is 6.75. The van der Waals surface area contributed by atoms with Gasteiger partial charge in [0.25, 0.3) is 0 Å². The molecule has 5 nitrogen and oxygen atoms in total. The summed E-state index contributed by atoms with van der Waals surface area (Å²) in [6, 6.07) is -0.267. The molecule has 1 atom stereocenters. The van der Waals surface area contributed by atoms with Gasteiger partial charge in [0.2, 0.25) is 11.8 Å². The molecule has 3 fully saturated rings. The van der Waals surface area contributed by atoms with Crippen LogP contribution in [-0.4, -0.2) is 60.5 Å². The van der Waals surface area contributed by atoms with Crippen LogP contribution in [0.4, 0.5) is 0 Å². The Bertz CT molecular complexity index is 534. The summed E-state index contributed by atoms with van der Waals surface area (Å²) in [4.78, 5) is 30.7. The van der Waals surface area contributed by atoms with Crippen molar-refractivity contribution >= 4 is 11.8 Å². The highest BCUT2D eigenvalue weighted by molar-refractivity contribution is 5.90. The zero-order valence-electron chi connectivity index (χ0n) is 15.1. The Kier molecular flexibility index (Phi) is 4.85. The normalized spacial score (nSPS) is 29.5. The summed E-state index contributed by atoms with van der Waals surface area (Å²) >= 11 is 0. The van der Waals surface area contributed by atoms with Crippen molar-refractivity contribution in [2.45, 2.75) is 57.4 Å². The van der Waals surface area contributed by atoms with Gasteiger partial charge in [-0.3, -0.25) is 9.59 Å². The Labute approximate surface area is 150 Å². The van der Waals surface area contributed by atoms with Crippen LogP contribution in [0, 0.1) is 11.3 Å². The van der Waals surface area contributed by atoms with Gasteiger partial charge in [0, 0.05) is 44.2 Å². The van der Waals surface area contributed by atoms with Gasteiger partial charge in [0.1, 0.15) is 6.04 Å². The first-order chi connectivity index (χ1) is 12.2. The van der Waals surface area contributed by atoms with Crippen LogP contribution in [0.1, 0.15) is 51.4 Å². The number of likely N-dealkylation sites (tertiary alicyclic amines) is 2. The first kappa shape index (κ1) is 17.1. The van der Waals surface area contributed by atoms with Crippen molar-refractivity contribution in [1.29, 1.82) is 0 Å². The molecule has 0 aromatic heterocycles. The molecular formula is C20H30N2O3. The van der Waals surface area contributed by atoms with Gasteiger partial charge in [0.05, 0.1) is 0 Å². The van der Waals surface area contributed by atoms with Crippen LogP contribution in [0.15, 0.2) is 12.2 Å². The maximum Gasteiger partial charge on any atom is 0.245 e. The molecular weight excluding hydrogens is 316 g/mol. The largest absolute Gasteiger partial charge is 0.381 e. The highest BCUT2D eigenvalue weighted by Gasteiger charge is 2.52. The van der Waals surface area contributed by atoms with Gasteiger partial charge in [-0.05, 0) is 51.4 Å². The maximum atomic E-state index is 13.5. The van der Waals surface area contributed by atoms with Crippen molar-refractivity contribution in [1.82, 2.24) is 9.80 Å². The molecule has 3 aliphatic heterocycles. The average Bonchev–Trinajstić information content (AvgIpc) is 3.34. The molecule has 1 unspecified atom stereocenters. The topological polar surface area (TPSA) is 49.9 Å². The molecule has 25 heavy (non-hydrogen) atoms. The van der Waals surface area contributed by atoms with E-state index in [2.05, 4.69) is 12.2 Å². The summed E-state index contributed by atoms with van der Waals surface area (Å²) < 4.78 is 5.61. The summed E-state index contributed by atoms with van der Waals surface area (Å²) in [5.74, 6) is 0.454. The van der Waals surface area contributed by atoms with Crippen molar-refractivity contribution in [3.63, 3.8) is 0 Å². The Morgan fingerprint density at radius 3 is 2.24 bits per heavy atom. The molecule has 3 saturated heterocycles. The fourth-order valence-electron chi connectivity index (χ4n) is 5.30. The fourth-order valence-corrected chi connectivity index (χ4v) is 5.30. The minimum atomic E-state index is -0.267. The molecule has 0 aromatic rings. The molecule has 138 valence electrons. The summed E-state index contributed by atoms with van der Waals surface area (Å²) in [6.45, 7) is 3.89. The molecule has 0 radical (unpaired) electrons. The number of rotatable bonds is 2. The number of allylic oxidation sites excluding steroid dienone is 2. The van der Waals surface area contributed by atoms with E-state index in [0.717, 1.165) is 84.2 Å². The van der Waals surface area contributed by atoms with E-state index in [4.69, 9.17) is 4.74 Å². The highest BCUT2D eigenvalue weighted by Crippen LogP contribution is 2.45. The first-order valence-corrected chi connectivity index (χ1v) is 10.0. The monoisotopic (exact) mass is 346 g/mol. The van der Waals surface area contributed by atoms with Gasteiger partial charge in [0.15, 0.2) is 0 Å². The predicted molar refractivity (Wildman–Crippen MR) is 94.9 cm³/mol. The molecule has 0 aromatic carbocycles. The third-order valence-electron chi connectivity index (χ3n) is 6.75. The highest BCUT2D eigenvalue weighted by atomic mass is 16.5. The maximum absolute atomic E-state index is 13.5. The molecule has 2 amide bonds. The van der Waals surface area contributed by atoms with Crippen LogP contribution >= 0.6 is 0 Å². The fraction of sp³-hybridized carbons (Fsp3) is 0.800. The van der Waals surface area contributed by atoms with Gasteiger partial charge < -0.3 is 14.5 Å². The van der Waals surface area contributed by atoms with Crippen LogP contribution in [-0.2, 0) is 14.3 Å². The SMILES string of the molecule is O=C(C1N(C(=O)C2CC=CC2)CCCC12CCOCC2)N1CCCC1. The van der Waals surface area contributed by atoms with Gasteiger partial charge in [-0.2, -0.15) is 0 Å². The molecule has 4 aliphatic rings. The van der Waals surface area contributed by atoms with E-state index in [-0.39, 0.29) is 29.2 Å². The second-order valence-corrected chi connectivity index (χ2v) is 8.18. The van der Waals surface area contributed by atoms with Crippen LogP contribution in [0.3, 0.4) is 0 Å². The van der Waals surface area contributed by atoms with Crippen molar-refractivity contribution in [2.75, 3.05) is 32.8 Å². The number of carbonyl (C=O) groups is 2. The third kappa shape index (κ3) is 3.12. The van der Waals surface area contributed by atoms with E-state index in [9.17, 15) is 9.59 Å². The second kappa shape index (κ2) is 7.10. The molecule has 0 saturated carbocycles. The van der Waals surface area contributed by atoms with E-state index >= 15 is 0 Å². The van der Waals surface area contributed by atoms with Crippen molar-refractivity contribution in [3.8, 4) is 0 Å². The summed E-state index contributed by atoms with van der Waals surface area (Å²) in [5, 5.41) is 0. The lowest BCUT2D eigenvalue weighted by molar-refractivity contribution is -0.162. The van der Waals surface area contributed by atoms with Gasteiger partial charge >= 0.3 is 0 Å². The lowest BCUT2D eigenvalue weighted by Gasteiger charge is -2.52. The molecule has 0 bridgehead atoms. The molecule has 3 heterocycles. The first-order valence-electron chi connectivity index (χ1n) is 10.0. The lowest BCUT2D eigenvalue weighted by atomic mass is 9.67. The van der Waals surface area contributed by atoms with Crippen LogP contribution in [0.5, 0.6) is 0 Å². The number of piperidine rings is 1. The summed E-state index contributed by atoms with van der Waals surface area (Å²) in [5.41, 5.74) is -0.0716. The number of ether oxygens (including phenoxy) is 1. The Morgan fingerprint density at radius 2 is 1.56 bits per heavy atom. The lowest BCUT2D eigenvalue weighted by Crippen LogP contribution is -2.63. The quantitative estimate of drug-likeness (QED) is 0.721. The zero-order chi connectivity index (χ0) is 17.3. The number of hydrogen-bond acceptors (Lipinski definition) is 3. The van der Waals surface area contributed by atoms with E-state index < -0.39 is 0 Å². The Morgan fingerprint density at radius 1 is 0.880 bits per heavy atom. The Hall–Kier alpha value is -1.36. The summed E-state index contributed by atoms with van der Waals surface area (Å²) in [6.07, 6.45) is 11.9. The summed E-state index contributed by atoms with van der Waals surface area (Å²) in [7, 11) is 0. The van der Waals surface area contributed by atoms with Crippen molar-refractivity contribution in [2.24, 2.45) is 11.3 Å². The van der Waals surface area contributed by atoms with Crippen LogP contribution in [0.25, 0.3) is 0 Å².